The first-order valence-corrected chi connectivity index (χ1v) is 7.14. The predicted octanol–water partition coefficient (Wildman–Crippen LogP) is 5.08. The minimum atomic E-state index is 1.06. The van der Waals surface area contributed by atoms with E-state index in [0.717, 1.165) is 10.5 Å². The van der Waals surface area contributed by atoms with Gasteiger partial charge in [0.15, 0.2) is 0 Å². The van der Waals surface area contributed by atoms with E-state index >= 15 is 0 Å². The summed E-state index contributed by atoms with van der Waals surface area (Å²) in [5.41, 5.74) is 4.84. The highest BCUT2D eigenvalue weighted by Gasteiger charge is 2.00. The largest absolute Gasteiger partial charge is 0.237 e. The Labute approximate surface area is 117 Å². The average Bonchev–Trinajstić information content (AvgIpc) is 2.80. The smallest absolute Gasteiger partial charge is 0.117 e. The molecule has 1 nitrogen and oxygen atoms in total. The van der Waals surface area contributed by atoms with Gasteiger partial charge in [0, 0.05) is 0 Å². The molecule has 0 amide bonds. The molecule has 3 rings (SSSR count). The van der Waals surface area contributed by atoms with Crippen molar-refractivity contribution < 1.29 is 0 Å². The molecule has 0 radical (unpaired) electrons. The van der Waals surface area contributed by atoms with Crippen LogP contribution < -0.4 is 0 Å². The van der Waals surface area contributed by atoms with Gasteiger partial charge in [-0.2, -0.15) is 0 Å². The molecular formula is C17H15NS. The number of aryl methyl sites for hydroxylation is 2. The summed E-state index contributed by atoms with van der Waals surface area (Å²) in [7, 11) is 0. The van der Waals surface area contributed by atoms with Crippen molar-refractivity contribution in [3.05, 3.63) is 64.2 Å². The van der Waals surface area contributed by atoms with Crippen molar-refractivity contribution >= 4 is 33.7 Å². The van der Waals surface area contributed by atoms with Gasteiger partial charge in [-0.05, 0) is 43.2 Å². The number of aromatic nitrogens is 1. The molecule has 1 heterocycles. The molecule has 1 aromatic heterocycles. The number of nitrogens with zero attached hydrogens (tertiary/aromatic N) is 1. The van der Waals surface area contributed by atoms with Gasteiger partial charge >= 0.3 is 0 Å². The topological polar surface area (TPSA) is 12.9 Å². The third kappa shape index (κ3) is 2.74. The third-order valence-electron chi connectivity index (χ3n) is 3.06. The Hall–Kier alpha value is -1.93. The molecule has 0 aliphatic carbocycles. The molecule has 0 atom stereocenters. The summed E-state index contributed by atoms with van der Waals surface area (Å²) < 4.78 is 1.24. The molecule has 0 aliphatic rings. The Morgan fingerprint density at radius 2 is 1.63 bits per heavy atom. The van der Waals surface area contributed by atoms with Crippen LogP contribution in [0.3, 0.4) is 0 Å². The van der Waals surface area contributed by atoms with Gasteiger partial charge < -0.3 is 0 Å². The number of hydrogen-bond acceptors (Lipinski definition) is 2. The molecule has 0 bridgehead atoms. The zero-order chi connectivity index (χ0) is 13.2. The highest BCUT2D eigenvalue weighted by atomic mass is 32.1. The first-order valence-electron chi connectivity index (χ1n) is 6.33. The lowest BCUT2D eigenvalue weighted by Gasteiger charge is -1.93. The van der Waals surface area contributed by atoms with Gasteiger partial charge in [-0.1, -0.05) is 42.0 Å². The molecule has 2 aromatic carbocycles. The molecule has 3 aromatic rings. The zero-order valence-corrected chi connectivity index (χ0v) is 11.9. The number of fused-ring (bicyclic) bond motifs is 1. The SMILES string of the molecule is Cc1ccc(/C=C/c2nc3cc(C)ccc3s2)cc1. The Morgan fingerprint density at radius 1 is 0.895 bits per heavy atom. The summed E-state index contributed by atoms with van der Waals surface area (Å²) in [6.45, 7) is 4.20. The number of hydrogen-bond donors (Lipinski definition) is 0. The summed E-state index contributed by atoms with van der Waals surface area (Å²) >= 11 is 1.73. The molecule has 0 unspecified atom stereocenters. The first-order chi connectivity index (χ1) is 9.20. The van der Waals surface area contributed by atoms with E-state index in [9.17, 15) is 0 Å². The lowest BCUT2D eigenvalue weighted by Crippen LogP contribution is -1.74. The summed E-state index contributed by atoms with van der Waals surface area (Å²) in [4.78, 5) is 4.64. The van der Waals surface area contributed by atoms with Crippen molar-refractivity contribution in [2.45, 2.75) is 13.8 Å². The molecule has 0 spiro atoms. The van der Waals surface area contributed by atoms with Crippen LogP contribution in [0, 0.1) is 13.8 Å². The van der Waals surface area contributed by atoms with Crippen LogP contribution in [-0.4, -0.2) is 4.98 Å². The molecule has 2 heteroatoms. The van der Waals surface area contributed by atoms with Crippen LogP contribution >= 0.6 is 11.3 Å². The second kappa shape index (κ2) is 4.98. The molecule has 0 N–H and O–H groups in total. The summed E-state index contributed by atoms with van der Waals surface area (Å²) in [6, 6.07) is 14.9. The first kappa shape index (κ1) is 12.1. The van der Waals surface area contributed by atoms with Crippen LogP contribution in [0.5, 0.6) is 0 Å². The second-order valence-corrected chi connectivity index (χ2v) is 5.83. The fourth-order valence-electron chi connectivity index (χ4n) is 1.97. The average molecular weight is 265 g/mol. The van der Waals surface area contributed by atoms with E-state index in [0.29, 0.717) is 0 Å². The monoisotopic (exact) mass is 265 g/mol. The van der Waals surface area contributed by atoms with Crippen LogP contribution in [0.2, 0.25) is 0 Å². The number of rotatable bonds is 2. The van der Waals surface area contributed by atoms with E-state index in [1.54, 1.807) is 11.3 Å². The fraction of sp³-hybridized carbons (Fsp3) is 0.118. The molecule has 0 fully saturated rings. The van der Waals surface area contributed by atoms with Gasteiger partial charge in [0.2, 0.25) is 0 Å². The minimum absolute atomic E-state index is 1.06. The lowest BCUT2D eigenvalue weighted by molar-refractivity contribution is 1.43. The van der Waals surface area contributed by atoms with Gasteiger partial charge in [0.1, 0.15) is 5.01 Å². The molecular weight excluding hydrogens is 250 g/mol. The molecule has 0 saturated heterocycles. The summed E-state index contributed by atoms with van der Waals surface area (Å²) in [5, 5.41) is 1.06. The predicted molar refractivity (Wildman–Crippen MR) is 84.5 cm³/mol. The van der Waals surface area contributed by atoms with Crippen LogP contribution in [0.15, 0.2) is 42.5 Å². The molecule has 94 valence electrons. The maximum absolute atomic E-state index is 4.64. The third-order valence-corrected chi connectivity index (χ3v) is 4.06. The van der Waals surface area contributed by atoms with Crippen LogP contribution in [0.4, 0.5) is 0 Å². The Kier molecular flexibility index (Phi) is 3.18. The van der Waals surface area contributed by atoms with Crippen LogP contribution in [-0.2, 0) is 0 Å². The number of thiazole rings is 1. The zero-order valence-electron chi connectivity index (χ0n) is 11.1. The van der Waals surface area contributed by atoms with E-state index in [2.05, 4.69) is 73.4 Å². The highest BCUT2D eigenvalue weighted by molar-refractivity contribution is 7.19. The van der Waals surface area contributed by atoms with E-state index in [-0.39, 0.29) is 0 Å². The Morgan fingerprint density at radius 3 is 2.42 bits per heavy atom. The van der Waals surface area contributed by atoms with Gasteiger partial charge in [0.25, 0.3) is 0 Å². The quantitative estimate of drug-likeness (QED) is 0.629. The molecule has 19 heavy (non-hydrogen) atoms. The van der Waals surface area contributed by atoms with Gasteiger partial charge in [-0.15, -0.1) is 11.3 Å². The summed E-state index contributed by atoms with van der Waals surface area (Å²) in [6.07, 6.45) is 4.20. The van der Waals surface area contributed by atoms with Crippen molar-refractivity contribution in [1.82, 2.24) is 4.98 Å². The minimum Gasteiger partial charge on any atom is -0.237 e. The Balaban J connectivity index is 1.90. The maximum atomic E-state index is 4.64. The van der Waals surface area contributed by atoms with Crippen LogP contribution in [0.25, 0.3) is 22.4 Å². The van der Waals surface area contributed by atoms with E-state index in [4.69, 9.17) is 0 Å². The number of benzene rings is 2. The lowest BCUT2D eigenvalue weighted by atomic mass is 10.1. The summed E-state index contributed by atoms with van der Waals surface area (Å²) in [5.74, 6) is 0. The van der Waals surface area contributed by atoms with Gasteiger partial charge in [0.05, 0.1) is 10.2 Å². The van der Waals surface area contributed by atoms with Crippen molar-refractivity contribution in [3.8, 4) is 0 Å². The maximum Gasteiger partial charge on any atom is 0.117 e. The van der Waals surface area contributed by atoms with Crippen molar-refractivity contribution in [3.63, 3.8) is 0 Å². The van der Waals surface area contributed by atoms with E-state index in [1.807, 2.05) is 0 Å². The standard InChI is InChI=1S/C17H15NS/c1-12-3-6-14(7-4-12)8-10-17-18-15-11-13(2)5-9-16(15)19-17/h3-11H,1-2H3/b10-8+. The van der Waals surface area contributed by atoms with Gasteiger partial charge in [-0.3, -0.25) is 0 Å². The Bertz CT molecular complexity index is 736. The van der Waals surface area contributed by atoms with E-state index < -0.39 is 0 Å². The van der Waals surface area contributed by atoms with E-state index in [1.165, 1.54) is 21.4 Å². The van der Waals surface area contributed by atoms with Gasteiger partial charge in [-0.25, -0.2) is 4.98 Å². The molecule has 0 aliphatic heterocycles. The molecule has 0 saturated carbocycles. The van der Waals surface area contributed by atoms with Crippen molar-refractivity contribution in [2.75, 3.05) is 0 Å². The van der Waals surface area contributed by atoms with Crippen LogP contribution in [0.1, 0.15) is 21.7 Å². The second-order valence-electron chi connectivity index (χ2n) is 4.77. The van der Waals surface area contributed by atoms with Crippen molar-refractivity contribution in [2.24, 2.45) is 0 Å². The van der Waals surface area contributed by atoms with Crippen molar-refractivity contribution in [1.29, 1.82) is 0 Å². The normalized spacial score (nSPS) is 11.5. The highest BCUT2D eigenvalue weighted by Crippen LogP contribution is 2.24. The fourth-order valence-corrected chi connectivity index (χ4v) is 2.82.